The SMILES string of the molecule is Cn1nccc1C(=O)N1CCC(C)(/C(N)=N/O)CC1. The molecule has 104 valence electrons. The summed E-state index contributed by atoms with van der Waals surface area (Å²) >= 11 is 0. The Morgan fingerprint density at radius 1 is 1.53 bits per heavy atom. The number of carbonyl (C=O) groups is 1. The van der Waals surface area contributed by atoms with Crippen LogP contribution in [0.3, 0.4) is 0 Å². The van der Waals surface area contributed by atoms with E-state index in [0.29, 0.717) is 31.6 Å². The quantitative estimate of drug-likeness (QED) is 0.350. The monoisotopic (exact) mass is 265 g/mol. The average Bonchev–Trinajstić information content (AvgIpc) is 2.84. The van der Waals surface area contributed by atoms with Gasteiger partial charge in [-0.15, -0.1) is 0 Å². The predicted octanol–water partition coefficient (Wildman–Crippen LogP) is 0.409. The molecule has 7 nitrogen and oxygen atoms in total. The van der Waals surface area contributed by atoms with Crippen molar-refractivity contribution in [2.24, 2.45) is 23.4 Å². The average molecular weight is 265 g/mol. The van der Waals surface area contributed by atoms with Crippen LogP contribution in [0.1, 0.15) is 30.3 Å². The summed E-state index contributed by atoms with van der Waals surface area (Å²) in [4.78, 5) is 14.1. The normalized spacial score (nSPS) is 19.5. The van der Waals surface area contributed by atoms with Gasteiger partial charge in [0.25, 0.3) is 5.91 Å². The molecule has 1 aromatic heterocycles. The Kier molecular flexibility index (Phi) is 3.46. The van der Waals surface area contributed by atoms with Gasteiger partial charge in [0, 0.05) is 31.7 Å². The van der Waals surface area contributed by atoms with Gasteiger partial charge in [-0.25, -0.2) is 0 Å². The predicted molar refractivity (Wildman–Crippen MR) is 69.9 cm³/mol. The summed E-state index contributed by atoms with van der Waals surface area (Å²) < 4.78 is 1.57. The molecule has 1 saturated heterocycles. The van der Waals surface area contributed by atoms with Crippen molar-refractivity contribution in [2.45, 2.75) is 19.8 Å². The topological polar surface area (TPSA) is 96.7 Å². The van der Waals surface area contributed by atoms with Gasteiger partial charge in [0.05, 0.1) is 0 Å². The van der Waals surface area contributed by atoms with Crippen LogP contribution in [-0.4, -0.2) is 44.7 Å². The first kappa shape index (κ1) is 13.4. The molecule has 3 N–H and O–H groups in total. The van der Waals surface area contributed by atoms with Crippen LogP contribution < -0.4 is 5.73 Å². The van der Waals surface area contributed by atoms with Crippen LogP contribution in [0.5, 0.6) is 0 Å². The molecule has 0 spiro atoms. The van der Waals surface area contributed by atoms with E-state index in [9.17, 15) is 4.79 Å². The minimum Gasteiger partial charge on any atom is -0.409 e. The molecule has 0 unspecified atom stereocenters. The molecule has 0 radical (unpaired) electrons. The van der Waals surface area contributed by atoms with Crippen molar-refractivity contribution in [3.8, 4) is 0 Å². The maximum atomic E-state index is 12.3. The molecular formula is C12H19N5O2. The molecule has 0 saturated carbocycles. The van der Waals surface area contributed by atoms with E-state index < -0.39 is 0 Å². The molecule has 1 amide bonds. The number of oxime groups is 1. The first-order chi connectivity index (χ1) is 8.98. The Balaban J connectivity index is 2.05. The number of carbonyl (C=O) groups excluding carboxylic acids is 1. The lowest BCUT2D eigenvalue weighted by molar-refractivity contribution is 0.0655. The molecule has 2 heterocycles. The fourth-order valence-electron chi connectivity index (χ4n) is 2.33. The fourth-order valence-corrected chi connectivity index (χ4v) is 2.33. The van der Waals surface area contributed by atoms with Crippen molar-refractivity contribution >= 4 is 11.7 Å². The number of aromatic nitrogens is 2. The van der Waals surface area contributed by atoms with E-state index in [1.807, 2.05) is 6.92 Å². The zero-order chi connectivity index (χ0) is 14.0. The van der Waals surface area contributed by atoms with Crippen molar-refractivity contribution in [2.75, 3.05) is 13.1 Å². The second kappa shape index (κ2) is 4.91. The Morgan fingerprint density at radius 3 is 2.63 bits per heavy atom. The number of nitrogens with two attached hydrogens (primary N) is 1. The number of hydrogen-bond donors (Lipinski definition) is 2. The molecule has 0 bridgehead atoms. The highest BCUT2D eigenvalue weighted by Crippen LogP contribution is 2.31. The number of amides is 1. The number of amidine groups is 1. The molecule has 7 heteroatoms. The lowest BCUT2D eigenvalue weighted by Gasteiger charge is -2.38. The van der Waals surface area contributed by atoms with Gasteiger partial charge in [0.1, 0.15) is 11.5 Å². The molecule has 0 aromatic carbocycles. The van der Waals surface area contributed by atoms with E-state index in [-0.39, 0.29) is 17.2 Å². The summed E-state index contributed by atoms with van der Waals surface area (Å²) in [7, 11) is 1.75. The highest BCUT2D eigenvalue weighted by molar-refractivity contribution is 5.93. The third-order valence-electron chi connectivity index (χ3n) is 3.92. The van der Waals surface area contributed by atoms with Gasteiger partial charge in [-0.05, 0) is 18.9 Å². The van der Waals surface area contributed by atoms with E-state index in [1.165, 1.54) is 0 Å². The second-order valence-electron chi connectivity index (χ2n) is 5.18. The zero-order valence-corrected chi connectivity index (χ0v) is 11.2. The van der Waals surface area contributed by atoms with Crippen LogP contribution in [0.25, 0.3) is 0 Å². The van der Waals surface area contributed by atoms with Gasteiger partial charge in [-0.1, -0.05) is 12.1 Å². The first-order valence-electron chi connectivity index (χ1n) is 6.23. The van der Waals surface area contributed by atoms with Gasteiger partial charge in [0.2, 0.25) is 0 Å². The minimum atomic E-state index is -0.335. The van der Waals surface area contributed by atoms with Crippen LogP contribution >= 0.6 is 0 Å². The summed E-state index contributed by atoms with van der Waals surface area (Å²) in [6.45, 7) is 3.14. The van der Waals surface area contributed by atoms with Crippen molar-refractivity contribution < 1.29 is 10.0 Å². The van der Waals surface area contributed by atoms with Gasteiger partial charge in [-0.2, -0.15) is 5.10 Å². The lowest BCUT2D eigenvalue weighted by atomic mass is 9.79. The molecule has 1 aliphatic rings. The van der Waals surface area contributed by atoms with Gasteiger partial charge >= 0.3 is 0 Å². The maximum absolute atomic E-state index is 12.3. The molecule has 2 rings (SSSR count). The Labute approximate surface area is 111 Å². The largest absolute Gasteiger partial charge is 0.409 e. The van der Waals surface area contributed by atoms with Crippen LogP contribution in [0.4, 0.5) is 0 Å². The van der Waals surface area contributed by atoms with Crippen LogP contribution in [0.15, 0.2) is 17.4 Å². The standard InChI is InChI=1S/C12H19N5O2/c1-12(11(13)15-19)4-7-17(8-5-12)10(18)9-3-6-14-16(9)2/h3,6,19H,4-5,7-8H2,1-2H3,(H2,13,15). The maximum Gasteiger partial charge on any atom is 0.272 e. The molecule has 1 aromatic rings. The summed E-state index contributed by atoms with van der Waals surface area (Å²) in [6, 6.07) is 1.71. The Morgan fingerprint density at radius 2 is 2.16 bits per heavy atom. The Bertz CT molecular complexity index is 500. The van der Waals surface area contributed by atoms with Crippen LogP contribution in [0, 0.1) is 5.41 Å². The lowest BCUT2D eigenvalue weighted by Crippen LogP contribution is -2.47. The fraction of sp³-hybridized carbons (Fsp3) is 0.583. The molecule has 0 atom stereocenters. The van der Waals surface area contributed by atoms with E-state index in [2.05, 4.69) is 10.3 Å². The van der Waals surface area contributed by atoms with Gasteiger partial charge in [-0.3, -0.25) is 9.48 Å². The Hall–Kier alpha value is -2.05. The second-order valence-corrected chi connectivity index (χ2v) is 5.18. The number of rotatable bonds is 2. The summed E-state index contributed by atoms with van der Waals surface area (Å²) in [5.74, 6) is 0.210. The van der Waals surface area contributed by atoms with Crippen molar-refractivity contribution in [1.82, 2.24) is 14.7 Å². The van der Waals surface area contributed by atoms with Gasteiger partial charge < -0.3 is 15.8 Å². The highest BCUT2D eigenvalue weighted by Gasteiger charge is 2.36. The summed E-state index contributed by atoms with van der Waals surface area (Å²) in [5.41, 5.74) is 5.95. The smallest absolute Gasteiger partial charge is 0.272 e. The molecular weight excluding hydrogens is 246 g/mol. The van der Waals surface area contributed by atoms with Gasteiger partial charge in [0.15, 0.2) is 0 Å². The number of hydrogen-bond acceptors (Lipinski definition) is 4. The van der Waals surface area contributed by atoms with Crippen LogP contribution in [-0.2, 0) is 7.05 Å². The first-order valence-corrected chi connectivity index (χ1v) is 6.23. The number of aryl methyl sites for hydroxylation is 1. The van der Waals surface area contributed by atoms with Crippen molar-refractivity contribution in [3.05, 3.63) is 18.0 Å². The van der Waals surface area contributed by atoms with Crippen molar-refractivity contribution in [3.63, 3.8) is 0 Å². The number of likely N-dealkylation sites (tertiary alicyclic amines) is 1. The van der Waals surface area contributed by atoms with E-state index in [1.54, 1.807) is 28.9 Å². The van der Waals surface area contributed by atoms with Crippen LogP contribution in [0.2, 0.25) is 0 Å². The number of piperidine rings is 1. The zero-order valence-electron chi connectivity index (χ0n) is 11.2. The van der Waals surface area contributed by atoms with Crippen molar-refractivity contribution in [1.29, 1.82) is 0 Å². The molecule has 1 fully saturated rings. The molecule has 1 aliphatic heterocycles. The third kappa shape index (κ3) is 2.40. The summed E-state index contributed by atoms with van der Waals surface area (Å²) in [6.07, 6.45) is 2.98. The number of nitrogens with zero attached hydrogens (tertiary/aromatic N) is 4. The molecule has 0 aliphatic carbocycles. The van der Waals surface area contributed by atoms with E-state index >= 15 is 0 Å². The third-order valence-corrected chi connectivity index (χ3v) is 3.92. The highest BCUT2D eigenvalue weighted by atomic mass is 16.4. The summed E-state index contributed by atoms with van der Waals surface area (Å²) in [5, 5.41) is 15.9. The minimum absolute atomic E-state index is 0.0263. The van der Waals surface area contributed by atoms with E-state index in [0.717, 1.165) is 0 Å². The van der Waals surface area contributed by atoms with E-state index in [4.69, 9.17) is 10.9 Å². The molecule has 19 heavy (non-hydrogen) atoms.